The summed E-state index contributed by atoms with van der Waals surface area (Å²) in [5, 5.41) is 9.49. The average Bonchev–Trinajstić information content (AvgIpc) is 2.09. The molecule has 0 spiro atoms. The number of aryl methyl sites for hydroxylation is 2. The Morgan fingerprint density at radius 1 is 1.25 bits per heavy atom. The zero-order chi connectivity index (χ0) is 9.14. The molecule has 0 fully saturated rings. The molecule has 1 aromatic rings. The predicted octanol–water partition coefficient (Wildman–Crippen LogP) is 1.31. The van der Waals surface area contributed by atoms with Gasteiger partial charge in [-0.25, -0.2) is 0 Å². The molecular formula is C10H13BO. The van der Waals surface area contributed by atoms with E-state index in [9.17, 15) is 5.11 Å². The molecular weight excluding hydrogens is 147 g/mol. The van der Waals surface area contributed by atoms with E-state index in [0.29, 0.717) is 5.46 Å². The zero-order valence-electron chi connectivity index (χ0n) is 7.59. The first kappa shape index (κ1) is 9.18. The van der Waals surface area contributed by atoms with Gasteiger partial charge in [-0.3, -0.25) is 0 Å². The molecule has 0 saturated heterocycles. The Hall–Kier alpha value is -0.915. The third-order valence-electron chi connectivity index (χ3n) is 2.07. The summed E-state index contributed by atoms with van der Waals surface area (Å²) in [6.07, 6.45) is 1.78. The minimum absolute atomic E-state index is 0.245. The van der Waals surface area contributed by atoms with Gasteiger partial charge >= 0.3 is 0 Å². The van der Waals surface area contributed by atoms with E-state index in [2.05, 4.69) is 6.92 Å². The van der Waals surface area contributed by atoms with Gasteiger partial charge in [0.1, 0.15) is 13.6 Å². The van der Waals surface area contributed by atoms with Crippen molar-refractivity contribution < 1.29 is 5.11 Å². The summed E-state index contributed by atoms with van der Waals surface area (Å²) in [7, 11) is 5.62. The van der Waals surface area contributed by atoms with Crippen LogP contribution in [0.4, 0.5) is 0 Å². The fourth-order valence-corrected chi connectivity index (χ4v) is 1.26. The number of hydrogen-bond donors (Lipinski definition) is 1. The van der Waals surface area contributed by atoms with Crippen molar-refractivity contribution in [2.24, 2.45) is 0 Å². The van der Waals surface area contributed by atoms with Crippen molar-refractivity contribution in [3.63, 3.8) is 0 Å². The SMILES string of the molecule is [B]c1cc(CC)cc(CC)c1O. The molecule has 1 rings (SSSR count). The highest BCUT2D eigenvalue weighted by Gasteiger charge is 2.03. The van der Waals surface area contributed by atoms with Crippen LogP contribution in [0, 0.1) is 0 Å². The van der Waals surface area contributed by atoms with Crippen LogP contribution in [0.5, 0.6) is 5.75 Å². The predicted molar refractivity (Wildman–Crippen MR) is 52.3 cm³/mol. The Kier molecular flexibility index (Phi) is 2.80. The van der Waals surface area contributed by atoms with E-state index in [1.165, 1.54) is 5.56 Å². The minimum Gasteiger partial charge on any atom is -0.508 e. The summed E-state index contributed by atoms with van der Waals surface area (Å²) < 4.78 is 0. The molecule has 0 heterocycles. The Balaban J connectivity index is 3.19. The first-order valence-corrected chi connectivity index (χ1v) is 4.29. The summed E-state index contributed by atoms with van der Waals surface area (Å²) in [5.41, 5.74) is 2.61. The van der Waals surface area contributed by atoms with Crippen LogP contribution in [-0.2, 0) is 12.8 Å². The van der Waals surface area contributed by atoms with Gasteiger partial charge in [0, 0.05) is 0 Å². The van der Waals surface area contributed by atoms with Gasteiger partial charge in [-0.1, -0.05) is 31.4 Å². The number of phenols is 1. The van der Waals surface area contributed by atoms with Crippen LogP contribution in [0.25, 0.3) is 0 Å². The average molecular weight is 160 g/mol. The van der Waals surface area contributed by atoms with Crippen LogP contribution >= 0.6 is 0 Å². The highest BCUT2D eigenvalue weighted by molar-refractivity contribution is 6.34. The molecule has 1 N–H and O–H groups in total. The molecule has 0 bridgehead atoms. The molecule has 0 unspecified atom stereocenters. The van der Waals surface area contributed by atoms with Crippen molar-refractivity contribution in [1.29, 1.82) is 0 Å². The third-order valence-corrected chi connectivity index (χ3v) is 2.07. The van der Waals surface area contributed by atoms with E-state index in [-0.39, 0.29) is 5.75 Å². The smallest absolute Gasteiger partial charge is 0.119 e. The van der Waals surface area contributed by atoms with Crippen LogP contribution in [0.1, 0.15) is 25.0 Å². The van der Waals surface area contributed by atoms with E-state index >= 15 is 0 Å². The topological polar surface area (TPSA) is 20.2 Å². The van der Waals surface area contributed by atoms with Crippen molar-refractivity contribution in [1.82, 2.24) is 0 Å². The second-order valence-electron chi connectivity index (χ2n) is 2.90. The normalized spacial score (nSPS) is 10.2. The van der Waals surface area contributed by atoms with E-state index in [1.807, 2.05) is 19.1 Å². The fourth-order valence-electron chi connectivity index (χ4n) is 1.26. The van der Waals surface area contributed by atoms with Gasteiger partial charge in [0.05, 0.1) is 0 Å². The first-order chi connectivity index (χ1) is 5.69. The summed E-state index contributed by atoms with van der Waals surface area (Å²) in [6, 6.07) is 3.83. The molecule has 0 atom stereocenters. The third kappa shape index (κ3) is 1.63. The zero-order valence-corrected chi connectivity index (χ0v) is 7.59. The number of benzene rings is 1. The molecule has 0 saturated carbocycles. The number of phenolic OH excluding ortho intramolecular Hbond substituents is 1. The Morgan fingerprint density at radius 2 is 1.92 bits per heavy atom. The Bertz CT molecular complexity index is 281. The first-order valence-electron chi connectivity index (χ1n) is 4.29. The lowest BCUT2D eigenvalue weighted by atomic mass is 9.89. The quantitative estimate of drug-likeness (QED) is 0.646. The van der Waals surface area contributed by atoms with Crippen molar-refractivity contribution >= 4 is 13.3 Å². The van der Waals surface area contributed by atoms with Gasteiger partial charge in [-0.2, -0.15) is 0 Å². The van der Waals surface area contributed by atoms with Gasteiger partial charge in [-0.05, 0) is 24.0 Å². The molecule has 1 nitrogen and oxygen atoms in total. The lowest BCUT2D eigenvalue weighted by molar-refractivity contribution is 0.473. The minimum atomic E-state index is 0.245. The summed E-state index contributed by atoms with van der Waals surface area (Å²) in [4.78, 5) is 0. The number of hydrogen-bond acceptors (Lipinski definition) is 1. The van der Waals surface area contributed by atoms with Gasteiger partial charge < -0.3 is 5.11 Å². The molecule has 62 valence electrons. The molecule has 0 aliphatic carbocycles. The molecule has 2 radical (unpaired) electrons. The van der Waals surface area contributed by atoms with E-state index in [1.54, 1.807) is 0 Å². The highest BCUT2D eigenvalue weighted by Crippen LogP contribution is 2.16. The van der Waals surface area contributed by atoms with E-state index in [0.717, 1.165) is 18.4 Å². The molecule has 0 aliphatic heterocycles. The van der Waals surface area contributed by atoms with E-state index < -0.39 is 0 Å². The Labute approximate surface area is 74.8 Å². The van der Waals surface area contributed by atoms with Gasteiger partial charge in [0.25, 0.3) is 0 Å². The molecule has 0 aromatic heterocycles. The fraction of sp³-hybridized carbons (Fsp3) is 0.400. The van der Waals surface area contributed by atoms with Crippen LogP contribution in [-0.4, -0.2) is 13.0 Å². The molecule has 1 aromatic carbocycles. The van der Waals surface area contributed by atoms with Gasteiger partial charge in [-0.15, -0.1) is 0 Å². The highest BCUT2D eigenvalue weighted by atomic mass is 16.3. The summed E-state index contributed by atoms with van der Waals surface area (Å²) in [5.74, 6) is 0.245. The van der Waals surface area contributed by atoms with E-state index in [4.69, 9.17) is 7.85 Å². The largest absolute Gasteiger partial charge is 0.508 e. The molecule has 0 amide bonds. The van der Waals surface area contributed by atoms with Crippen molar-refractivity contribution in [2.75, 3.05) is 0 Å². The van der Waals surface area contributed by atoms with Crippen LogP contribution in [0.15, 0.2) is 12.1 Å². The summed E-state index contributed by atoms with van der Waals surface area (Å²) in [6.45, 7) is 4.08. The van der Waals surface area contributed by atoms with Crippen LogP contribution in [0.2, 0.25) is 0 Å². The van der Waals surface area contributed by atoms with Crippen LogP contribution in [0.3, 0.4) is 0 Å². The maximum absolute atomic E-state index is 9.49. The molecule has 2 heteroatoms. The second kappa shape index (κ2) is 3.66. The monoisotopic (exact) mass is 160 g/mol. The van der Waals surface area contributed by atoms with Crippen molar-refractivity contribution in [3.05, 3.63) is 23.3 Å². The standard InChI is InChI=1S/C10H13BO/c1-3-7-5-8(4-2)10(12)9(11)6-7/h5-6,12H,3-4H2,1-2H3. The lowest BCUT2D eigenvalue weighted by Crippen LogP contribution is -2.06. The van der Waals surface area contributed by atoms with Crippen molar-refractivity contribution in [2.45, 2.75) is 26.7 Å². The second-order valence-corrected chi connectivity index (χ2v) is 2.90. The Morgan fingerprint density at radius 3 is 2.42 bits per heavy atom. The van der Waals surface area contributed by atoms with Gasteiger partial charge in [0.15, 0.2) is 0 Å². The number of aromatic hydroxyl groups is 1. The van der Waals surface area contributed by atoms with Gasteiger partial charge in [0.2, 0.25) is 0 Å². The van der Waals surface area contributed by atoms with Crippen LogP contribution < -0.4 is 5.46 Å². The maximum atomic E-state index is 9.49. The molecule has 12 heavy (non-hydrogen) atoms. The number of rotatable bonds is 2. The lowest BCUT2D eigenvalue weighted by Gasteiger charge is -2.08. The maximum Gasteiger partial charge on any atom is 0.119 e. The summed E-state index contributed by atoms with van der Waals surface area (Å²) >= 11 is 0. The van der Waals surface area contributed by atoms with Crippen molar-refractivity contribution in [3.8, 4) is 5.75 Å². The molecule has 0 aliphatic rings.